The standard InChI is InChI=1S/C14H22N2/c1-3-15-14-9-10-16(11-12(14)2)13-7-5-4-6-8-13/h4-8,12,14-15H,3,9-11H2,1-2H3. The van der Waals surface area contributed by atoms with Crippen LogP contribution in [0.4, 0.5) is 5.69 Å². The first-order valence-electron chi connectivity index (χ1n) is 6.34. The highest BCUT2D eigenvalue weighted by Gasteiger charge is 2.25. The van der Waals surface area contributed by atoms with E-state index in [0.717, 1.165) is 12.5 Å². The molecule has 2 nitrogen and oxygen atoms in total. The number of benzene rings is 1. The molecule has 1 aliphatic rings. The normalized spacial score (nSPS) is 25.8. The molecule has 2 atom stereocenters. The number of rotatable bonds is 3. The zero-order valence-corrected chi connectivity index (χ0v) is 10.3. The minimum Gasteiger partial charge on any atom is -0.371 e. The molecule has 2 rings (SSSR count). The lowest BCUT2D eigenvalue weighted by molar-refractivity contribution is 0.327. The summed E-state index contributed by atoms with van der Waals surface area (Å²) in [5.41, 5.74) is 1.37. The highest BCUT2D eigenvalue weighted by Crippen LogP contribution is 2.22. The van der Waals surface area contributed by atoms with E-state index in [9.17, 15) is 0 Å². The molecule has 0 spiro atoms. The first-order chi connectivity index (χ1) is 7.81. The molecule has 0 aromatic heterocycles. The van der Waals surface area contributed by atoms with Crippen LogP contribution in [0, 0.1) is 5.92 Å². The number of hydrogen-bond acceptors (Lipinski definition) is 2. The SMILES string of the molecule is CCNC1CCN(c2ccccc2)CC1C. The third kappa shape index (κ3) is 2.56. The Morgan fingerprint density at radius 2 is 2.06 bits per heavy atom. The quantitative estimate of drug-likeness (QED) is 0.838. The van der Waals surface area contributed by atoms with Crippen molar-refractivity contribution in [2.45, 2.75) is 26.3 Å². The smallest absolute Gasteiger partial charge is 0.0366 e. The molecule has 16 heavy (non-hydrogen) atoms. The lowest BCUT2D eigenvalue weighted by Crippen LogP contribution is -2.48. The Morgan fingerprint density at radius 3 is 2.69 bits per heavy atom. The third-order valence-corrected chi connectivity index (χ3v) is 3.49. The first-order valence-corrected chi connectivity index (χ1v) is 6.34. The van der Waals surface area contributed by atoms with Crippen LogP contribution in [0.5, 0.6) is 0 Å². The molecule has 1 saturated heterocycles. The van der Waals surface area contributed by atoms with Gasteiger partial charge in [-0.1, -0.05) is 32.0 Å². The summed E-state index contributed by atoms with van der Waals surface area (Å²) in [5.74, 6) is 0.730. The second-order valence-corrected chi connectivity index (χ2v) is 4.71. The summed E-state index contributed by atoms with van der Waals surface area (Å²) in [6, 6.07) is 11.4. The van der Waals surface area contributed by atoms with Gasteiger partial charge in [-0.3, -0.25) is 0 Å². The van der Waals surface area contributed by atoms with Gasteiger partial charge >= 0.3 is 0 Å². The van der Waals surface area contributed by atoms with Gasteiger partial charge in [0.25, 0.3) is 0 Å². The van der Waals surface area contributed by atoms with E-state index < -0.39 is 0 Å². The summed E-state index contributed by atoms with van der Waals surface area (Å²) >= 11 is 0. The van der Waals surface area contributed by atoms with Gasteiger partial charge in [-0.05, 0) is 31.0 Å². The maximum atomic E-state index is 3.58. The number of nitrogens with zero attached hydrogens (tertiary/aromatic N) is 1. The van der Waals surface area contributed by atoms with Crippen LogP contribution in [0.15, 0.2) is 30.3 Å². The maximum absolute atomic E-state index is 3.58. The van der Waals surface area contributed by atoms with Crippen LogP contribution >= 0.6 is 0 Å². The zero-order valence-electron chi connectivity index (χ0n) is 10.3. The van der Waals surface area contributed by atoms with Crippen molar-refractivity contribution in [3.63, 3.8) is 0 Å². The average molecular weight is 218 g/mol. The summed E-state index contributed by atoms with van der Waals surface area (Å²) in [6.45, 7) is 7.97. The van der Waals surface area contributed by atoms with Crippen molar-refractivity contribution < 1.29 is 0 Å². The Balaban J connectivity index is 1.97. The molecule has 0 bridgehead atoms. The lowest BCUT2D eigenvalue weighted by atomic mass is 9.93. The van der Waals surface area contributed by atoms with Crippen molar-refractivity contribution in [2.24, 2.45) is 5.92 Å². The molecule has 1 aromatic carbocycles. The Hall–Kier alpha value is -1.02. The number of piperidine rings is 1. The molecule has 1 heterocycles. The van der Waals surface area contributed by atoms with Crippen LogP contribution in [0.1, 0.15) is 20.3 Å². The topological polar surface area (TPSA) is 15.3 Å². The van der Waals surface area contributed by atoms with E-state index in [2.05, 4.69) is 54.4 Å². The third-order valence-electron chi connectivity index (χ3n) is 3.49. The Kier molecular flexibility index (Phi) is 3.83. The fourth-order valence-corrected chi connectivity index (χ4v) is 2.58. The summed E-state index contributed by atoms with van der Waals surface area (Å²) in [5, 5.41) is 3.58. The predicted octanol–water partition coefficient (Wildman–Crippen LogP) is 2.51. The summed E-state index contributed by atoms with van der Waals surface area (Å²) < 4.78 is 0. The van der Waals surface area contributed by atoms with Crippen molar-refractivity contribution in [2.75, 3.05) is 24.5 Å². The highest BCUT2D eigenvalue weighted by atomic mass is 15.2. The molecule has 2 unspecified atom stereocenters. The molecule has 0 aliphatic carbocycles. The molecule has 0 amide bonds. The fraction of sp³-hybridized carbons (Fsp3) is 0.571. The minimum absolute atomic E-state index is 0.699. The van der Waals surface area contributed by atoms with Crippen molar-refractivity contribution in [3.8, 4) is 0 Å². The van der Waals surface area contributed by atoms with Crippen molar-refractivity contribution in [1.29, 1.82) is 0 Å². The molecule has 1 fully saturated rings. The van der Waals surface area contributed by atoms with Gasteiger partial charge in [-0.25, -0.2) is 0 Å². The van der Waals surface area contributed by atoms with E-state index in [1.165, 1.54) is 25.2 Å². The van der Waals surface area contributed by atoms with Crippen molar-refractivity contribution >= 4 is 5.69 Å². The summed E-state index contributed by atoms with van der Waals surface area (Å²) in [4.78, 5) is 2.50. The Labute approximate surface area is 98.7 Å². The molecule has 0 saturated carbocycles. The van der Waals surface area contributed by atoms with Gasteiger partial charge in [-0.15, -0.1) is 0 Å². The number of anilines is 1. The van der Waals surface area contributed by atoms with Crippen LogP contribution in [0.25, 0.3) is 0 Å². The van der Waals surface area contributed by atoms with Gasteiger partial charge in [0.15, 0.2) is 0 Å². The lowest BCUT2D eigenvalue weighted by Gasteiger charge is -2.38. The summed E-state index contributed by atoms with van der Waals surface area (Å²) in [6.07, 6.45) is 1.25. The van der Waals surface area contributed by atoms with Gasteiger partial charge in [0.05, 0.1) is 0 Å². The average Bonchev–Trinajstić information content (AvgIpc) is 2.33. The molecule has 1 aromatic rings. The van der Waals surface area contributed by atoms with Gasteiger partial charge in [0, 0.05) is 24.8 Å². The highest BCUT2D eigenvalue weighted by molar-refractivity contribution is 5.46. The largest absolute Gasteiger partial charge is 0.371 e. The van der Waals surface area contributed by atoms with E-state index in [-0.39, 0.29) is 0 Å². The second-order valence-electron chi connectivity index (χ2n) is 4.71. The van der Waals surface area contributed by atoms with Crippen molar-refractivity contribution in [1.82, 2.24) is 5.32 Å². The molecule has 0 radical (unpaired) electrons. The van der Waals surface area contributed by atoms with Gasteiger partial charge < -0.3 is 10.2 Å². The van der Waals surface area contributed by atoms with E-state index in [1.807, 2.05) is 0 Å². The minimum atomic E-state index is 0.699. The first kappa shape index (κ1) is 11.5. The van der Waals surface area contributed by atoms with Crippen LogP contribution in [0.2, 0.25) is 0 Å². The molecule has 1 aliphatic heterocycles. The Bertz CT molecular complexity index is 310. The fourth-order valence-electron chi connectivity index (χ4n) is 2.58. The molecule has 1 N–H and O–H groups in total. The number of hydrogen-bond donors (Lipinski definition) is 1. The second kappa shape index (κ2) is 5.35. The van der Waals surface area contributed by atoms with E-state index in [4.69, 9.17) is 0 Å². The molecule has 88 valence electrons. The van der Waals surface area contributed by atoms with Crippen LogP contribution < -0.4 is 10.2 Å². The Morgan fingerprint density at radius 1 is 1.31 bits per heavy atom. The molecular weight excluding hydrogens is 196 g/mol. The van der Waals surface area contributed by atoms with E-state index in [1.54, 1.807) is 0 Å². The van der Waals surface area contributed by atoms with Gasteiger partial charge in [0.1, 0.15) is 0 Å². The predicted molar refractivity (Wildman–Crippen MR) is 69.9 cm³/mol. The van der Waals surface area contributed by atoms with Crippen LogP contribution in [0.3, 0.4) is 0 Å². The number of nitrogens with one attached hydrogen (secondary N) is 1. The molecule has 2 heteroatoms. The van der Waals surface area contributed by atoms with Crippen LogP contribution in [-0.2, 0) is 0 Å². The van der Waals surface area contributed by atoms with Gasteiger partial charge in [0.2, 0.25) is 0 Å². The van der Waals surface area contributed by atoms with Crippen LogP contribution in [-0.4, -0.2) is 25.7 Å². The van der Waals surface area contributed by atoms with E-state index in [0.29, 0.717) is 6.04 Å². The monoisotopic (exact) mass is 218 g/mol. The number of para-hydroxylation sites is 1. The maximum Gasteiger partial charge on any atom is 0.0366 e. The van der Waals surface area contributed by atoms with Crippen molar-refractivity contribution in [3.05, 3.63) is 30.3 Å². The van der Waals surface area contributed by atoms with E-state index >= 15 is 0 Å². The van der Waals surface area contributed by atoms with Gasteiger partial charge in [-0.2, -0.15) is 0 Å². The summed E-state index contributed by atoms with van der Waals surface area (Å²) in [7, 11) is 0. The zero-order chi connectivity index (χ0) is 11.4. The molecular formula is C14H22N2.